The molecule has 0 aliphatic carbocycles. The highest BCUT2D eigenvalue weighted by molar-refractivity contribution is 6.31. The van der Waals surface area contributed by atoms with Crippen molar-refractivity contribution in [2.75, 3.05) is 46.2 Å². The minimum Gasteiger partial charge on any atom is -0.454 e. The Morgan fingerprint density at radius 2 is 1.91 bits per heavy atom. The molecule has 0 saturated carbocycles. The maximum absolute atomic E-state index is 12.8. The Balaban J connectivity index is 1.19. The second-order valence-corrected chi connectivity index (χ2v) is 9.35. The highest BCUT2D eigenvalue weighted by Crippen LogP contribution is 2.36. The molecule has 2 atom stereocenters. The van der Waals surface area contributed by atoms with E-state index in [-0.39, 0.29) is 24.8 Å². The Morgan fingerprint density at radius 1 is 1.15 bits per heavy atom. The summed E-state index contributed by atoms with van der Waals surface area (Å²) in [6.07, 6.45) is 6.08. The molecule has 4 heterocycles. The molecule has 3 aliphatic rings. The first-order valence-corrected chi connectivity index (χ1v) is 12.4. The maximum atomic E-state index is 12.8. The largest absolute Gasteiger partial charge is 0.454 e. The average Bonchev–Trinajstić information content (AvgIpc) is 3.47. The number of hydrogen-bond donors (Lipinski definition) is 1. The van der Waals surface area contributed by atoms with Crippen molar-refractivity contribution < 1.29 is 19.0 Å². The molecule has 3 aliphatic heterocycles. The minimum absolute atomic E-state index is 0.150. The molecule has 0 radical (unpaired) electrons. The van der Waals surface area contributed by atoms with Crippen LogP contribution in [0.2, 0.25) is 5.02 Å². The van der Waals surface area contributed by atoms with E-state index in [2.05, 4.69) is 32.2 Å². The number of amides is 1. The highest BCUT2D eigenvalue weighted by atomic mass is 35.5. The molecule has 0 bridgehead atoms. The lowest BCUT2D eigenvalue weighted by Crippen LogP contribution is -2.46. The van der Waals surface area contributed by atoms with Crippen LogP contribution >= 0.6 is 11.6 Å². The lowest BCUT2D eigenvalue weighted by molar-refractivity contribution is -0.130. The van der Waals surface area contributed by atoms with Crippen molar-refractivity contribution in [3.8, 4) is 11.5 Å². The minimum atomic E-state index is 0.150. The first-order valence-electron chi connectivity index (χ1n) is 12.0. The number of benzene rings is 1. The molecule has 1 aromatic heterocycles. The molecule has 2 unspecified atom stereocenters. The average molecular weight is 487 g/mol. The van der Waals surface area contributed by atoms with Crippen molar-refractivity contribution in [1.82, 2.24) is 20.1 Å². The van der Waals surface area contributed by atoms with Crippen LogP contribution in [0.15, 0.2) is 36.7 Å². The van der Waals surface area contributed by atoms with Gasteiger partial charge in [-0.05, 0) is 48.7 Å². The first-order chi connectivity index (χ1) is 16.7. The third kappa shape index (κ3) is 5.30. The van der Waals surface area contributed by atoms with Crippen molar-refractivity contribution in [2.45, 2.75) is 37.9 Å². The second-order valence-electron chi connectivity index (χ2n) is 8.95. The van der Waals surface area contributed by atoms with E-state index in [1.165, 1.54) is 5.56 Å². The number of halogens is 1. The fourth-order valence-electron chi connectivity index (χ4n) is 5.02. The fourth-order valence-corrected chi connectivity index (χ4v) is 5.24. The van der Waals surface area contributed by atoms with Crippen LogP contribution in [0.25, 0.3) is 0 Å². The summed E-state index contributed by atoms with van der Waals surface area (Å²) in [6, 6.07) is 8.25. The van der Waals surface area contributed by atoms with Crippen LogP contribution in [-0.4, -0.2) is 72.9 Å². The Kier molecular flexibility index (Phi) is 7.49. The summed E-state index contributed by atoms with van der Waals surface area (Å²) >= 11 is 6.40. The quantitative estimate of drug-likeness (QED) is 0.546. The summed E-state index contributed by atoms with van der Waals surface area (Å²) < 4.78 is 16.4. The molecule has 9 heteroatoms. The third-order valence-corrected chi connectivity index (χ3v) is 7.26. The Labute approximate surface area is 205 Å². The van der Waals surface area contributed by atoms with Gasteiger partial charge in [-0.3, -0.25) is 14.7 Å². The molecule has 1 aromatic carbocycles. The number of pyridine rings is 1. The number of rotatable bonds is 9. The van der Waals surface area contributed by atoms with Crippen LogP contribution < -0.4 is 14.8 Å². The van der Waals surface area contributed by atoms with Gasteiger partial charge in [0, 0.05) is 62.1 Å². The van der Waals surface area contributed by atoms with Gasteiger partial charge in [0.15, 0.2) is 11.5 Å². The van der Waals surface area contributed by atoms with E-state index in [4.69, 9.17) is 25.8 Å². The van der Waals surface area contributed by atoms with Crippen LogP contribution in [0, 0.1) is 0 Å². The van der Waals surface area contributed by atoms with Crippen LogP contribution in [0.3, 0.4) is 0 Å². The Hall–Kier alpha value is -2.39. The first kappa shape index (κ1) is 23.4. The molecule has 8 nitrogen and oxygen atoms in total. The number of morpholine rings is 1. The molecule has 5 rings (SSSR count). The number of nitrogens with one attached hydrogen (secondary N) is 1. The molecule has 2 fully saturated rings. The van der Waals surface area contributed by atoms with E-state index in [0.717, 1.165) is 57.0 Å². The summed E-state index contributed by atoms with van der Waals surface area (Å²) in [5.41, 5.74) is 2.18. The molecule has 0 spiro atoms. The topological polar surface area (TPSA) is 76.2 Å². The van der Waals surface area contributed by atoms with E-state index in [0.29, 0.717) is 30.3 Å². The highest BCUT2D eigenvalue weighted by Gasteiger charge is 2.34. The zero-order chi connectivity index (χ0) is 23.3. The Bertz CT molecular complexity index is 986. The predicted octanol–water partition coefficient (Wildman–Crippen LogP) is 3.01. The van der Waals surface area contributed by atoms with Gasteiger partial charge in [-0.1, -0.05) is 11.6 Å². The molecule has 1 amide bonds. The van der Waals surface area contributed by atoms with Crippen LogP contribution in [0.1, 0.15) is 36.4 Å². The lowest BCUT2D eigenvalue weighted by atomic mass is 10.0. The van der Waals surface area contributed by atoms with Gasteiger partial charge in [0.2, 0.25) is 12.7 Å². The summed E-state index contributed by atoms with van der Waals surface area (Å²) in [4.78, 5) is 21.6. The molecule has 182 valence electrons. The van der Waals surface area contributed by atoms with Crippen molar-refractivity contribution in [3.63, 3.8) is 0 Å². The smallest absolute Gasteiger partial charge is 0.231 e. The molecular formula is C25H31ClN4O4. The molecular weight excluding hydrogens is 456 g/mol. The van der Waals surface area contributed by atoms with Crippen LogP contribution in [0.4, 0.5) is 0 Å². The van der Waals surface area contributed by atoms with Gasteiger partial charge in [-0.25, -0.2) is 0 Å². The van der Waals surface area contributed by atoms with E-state index in [9.17, 15) is 4.79 Å². The van der Waals surface area contributed by atoms with Gasteiger partial charge < -0.3 is 24.4 Å². The maximum Gasteiger partial charge on any atom is 0.231 e. The zero-order valence-corrected chi connectivity index (χ0v) is 20.0. The number of hydrogen-bond acceptors (Lipinski definition) is 7. The van der Waals surface area contributed by atoms with Gasteiger partial charge in [0.25, 0.3) is 0 Å². The predicted molar refractivity (Wildman–Crippen MR) is 128 cm³/mol. The lowest BCUT2D eigenvalue weighted by Gasteiger charge is -2.38. The summed E-state index contributed by atoms with van der Waals surface area (Å²) in [7, 11) is 0. The number of fused-ring (bicyclic) bond motifs is 1. The third-order valence-electron chi connectivity index (χ3n) is 6.91. The van der Waals surface area contributed by atoms with E-state index >= 15 is 0 Å². The number of carbonyl (C=O) groups excluding carboxylic acids is 1. The molecule has 1 N–H and O–H groups in total. The number of carbonyl (C=O) groups is 1. The van der Waals surface area contributed by atoms with E-state index in [1.54, 1.807) is 0 Å². The second kappa shape index (κ2) is 10.9. The normalized spacial score (nSPS) is 21.3. The van der Waals surface area contributed by atoms with Crippen molar-refractivity contribution in [1.29, 1.82) is 0 Å². The van der Waals surface area contributed by atoms with Crippen molar-refractivity contribution >= 4 is 17.5 Å². The SMILES string of the molecule is O=C1CCC(CCNCc2cc3c(cc2Cl)OCO3)N1CC(c1ccncc1)N1CCOCC1. The Morgan fingerprint density at radius 3 is 2.71 bits per heavy atom. The number of aromatic nitrogens is 1. The van der Waals surface area contributed by atoms with Gasteiger partial charge in [0.1, 0.15) is 0 Å². The number of ether oxygens (including phenoxy) is 3. The van der Waals surface area contributed by atoms with Crippen LogP contribution in [-0.2, 0) is 16.1 Å². The zero-order valence-electron chi connectivity index (χ0n) is 19.2. The molecule has 2 aromatic rings. The monoisotopic (exact) mass is 486 g/mol. The molecule has 2 saturated heterocycles. The van der Waals surface area contributed by atoms with Crippen molar-refractivity contribution in [3.05, 3.63) is 52.8 Å². The van der Waals surface area contributed by atoms with Crippen molar-refractivity contribution in [2.24, 2.45) is 0 Å². The van der Waals surface area contributed by atoms with Gasteiger partial charge in [0.05, 0.1) is 19.3 Å². The standard InChI is InChI=1S/C25H31ClN4O4/c26-21-14-24-23(33-17-34-24)13-19(21)15-28-8-5-20-1-2-25(31)30(20)16-22(18-3-6-27-7-4-18)29-9-11-32-12-10-29/h3-4,6-7,13-14,20,22,28H,1-2,5,8-12,15-17H2. The van der Waals surface area contributed by atoms with Gasteiger partial charge in [-0.15, -0.1) is 0 Å². The number of nitrogens with zero attached hydrogens (tertiary/aromatic N) is 3. The van der Waals surface area contributed by atoms with E-state index in [1.807, 2.05) is 24.5 Å². The summed E-state index contributed by atoms with van der Waals surface area (Å²) in [5.74, 6) is 1.67. The fraction of sp³-hybridized carbons (Fsp3) is 0.520. The number of likely N-dealkylation sites (tertiary alicyclic amines) is 1. The molecule has 34 heavy (non-hydrogen) atoms. The van der Waals surface area contributed by atoms with Gasteiger partial charge in [-0.2, -0.15) is 0 Å². The summed E-state index contributed by atoms with van der Waals surface area (Å²) in [5, 5.41) is 4.16. The summed E-state index contributed by atoms with van der Waals surface area (Å²) in [6.45, 7) is 5.58. The van der Waals surface area contributed by atoms with Gasteiger partial charge >= 0.3 is 0 Å². The van der Waals surface area contributed by atoms with E-state index < -0.39 is 0 Å². The van der Waals surface area contributed by atoms with Crippen LogP contribution in [0.5, 0.6) is 11.5 Å².